The van der Waals surface area contributed by atoms with Crippen molar-refractivity contribution in [2.75, 3.05) is 24.1 Å². The van der Waals surface area contributed by atoms with E-state index in [1.807, 2.05) is 0 Å². The molecule has 0 N–H and O–H groups in total. The number of hydrogen-bond donors (Lipinski definition) is 0. The van der Waals surface area contributed by atoms with Crippen molar-refractivity contribution < 1.29 is 13.2 Å². The van der Waals surface area contributed by atoms with Gasteiger partial charge in [0, 0.05) is 19.0 Å². The van der Waals surface area contributed by atoms with Crippen LogP contribution < -0.4 is 4.90 Å². The van der Waals surface area contributed by atoms with Crippen molar-refractivity contribution in [3.8, 4) is 0 Å². The van der Waals surface area contributed by atoms with Gasteiger partial charge >= 0.3 is 0 Å². The Morgan fingerprint density at radius 1 is 1.44 bits per heavy atom. The van der Waals surface area contributed by atoms with E-state index in [1.165, 1.54) is 17.0 Å². The fourth-order valence-electron chi connectivity index (χ4n) is 1.16. The number of alkyl halides is 1. The predicted octanol–water partition coefficient (Wildman–Crippen LogP) is 1.29. The maximum absolute atomic E-state index is 11.3. The molecule has 0 aliphatic heterocycles. The molecule has 0 radical (unpaired) electrons. The van der Waals surface area contributed by atoms with Crippen LogP contribution in [-0.2, 0) is 14.6 Å². The summed E-state index contributed by atoms with van der Waals surface area (Å²) in [6.07, 6.45) is 1.12. The molecule has 0 aliphatic rings. The molecule has 0 aromatic heterocycles. The van der Waals surface area contributed by atoms with Crippen LogP contribution in [0.25, 0.3) is 0 Å². The number of carbonyl (C=O) groups excluding carboxylic acids is 1. The average molecular weight is 262 g/mol. The number of hydrogen-bond acceptors (Lipinski definition) is 3. The third kappa shape index (κ3) is 2.96. The van der Waals surface area contributed by atoms with Crippen LogP contribution in [0.2, 0.25) is 0 Å². The Bertz CT molecular complexity index is 499. The molecule has 4 nitrogen and oxygen atoms in total. The highest BCUT2D eigenvalue weighted by Gasteiger charge is 2.12. The zero-order valence-electron chi connectivity index (χ0n) is 8.97. The minimum Gasteiger partial charge on any atom is -0.314 e. The molecule has 1 aromatic carbocycles. The highest BCUT2D eigenvalue weighted by Crippen LogP contribution is 2.18. The van der Waals surface area contributed by atoms with Crippen molar-refractivity contribution in [3.63, 3.8) is 0 Å². The standard InChI is InChI=1S/C10H12ClNO3S/c1-12(10(13)7-11)8-4-3-5-9(6-8)16(2,14)15/h3-6H,7H2,1-2H3. The van der Waals surface area contributed by atoms with E-state index >= 15 is 0 Å². The van der Waals surface area contributed by atoms with Gasteiger partial charge in [0.1, 0.15) is 5.88 Å². The second kappa shape index (κ2) is 4.84. The molecule has 1 aromatic rings. The number of halogens is 1. The minimum absolute atomic E-state index is 0.139. The fourth-order valence-corrected chi connectivity index (χ4v) is 2.00. The number of amides is 1. The zero-order chi connectivity index (χ0) is 12.3. The number of anilines is 1. The minimum atomic E-state index is -3.26. The quantitative estimate of drug-likeness (QED) is 0.771. The number of carbonyl (C=O) groups is 1. The Labute approximate surface area is 99.7 Å². The molecule has 0 fully saturated rings. The van der Waals surface area contributed by atoms with E-state index < -0.39 is 9.84 Å². The van der Waals surface area contributed by atoms with Crippen LogP contribution >= 0.6 is 11.6 Å². The monoisotopic (exact) mass is 261 g/mol. The first-order chi connectivity index (χ1) is 7.36. The van der Waals surface area contributed by atoms with Crippen molar-refractivity contribution in [2.24, 2.45) is 0 Å². The molecule has 0 atom stereocenters. The lowest BCUT2D eigenvalue weighted by Gasteiger charge is -2.16. The highest BCUT2D eigenvalue weighted by molar-refractivity contribution is 7.90. The summed E-state index contributed by atoms with van der Waals surface area (Å²) in [5.74, 6) is -0.424. The molecule has 0 heterocycles. The second-order valence-electron chi connectivity index (χ2n) is 3.36. The van der Waals surface area contributed by atoms with Crippen LogP contribution in [0.5, 0.6) is 0 Å². The molecule has 6 heteroatoms. The van der Waals surface area contributed by atoms with E-state index in [0.717, 1.165) is 6.26 Å². The fraction of sp³-hybridized carbons (Fsp3) is 0.300. The maximum Gasteiger partial charge on any atom is 0.241 e. The molecule has 1 rings (SSSR count). The summed E-state index contributed by atoms with van der Waals surface area (Å²) < 4.78 is 22.6. The van der Waals surface area contributed by atoms with Crippen LogP contribution in [0, 0.1) is 0 Å². The molecular formula is C10H12ClNO3S. The lowest BCUT2D eigenvalue weighted by Crippen LogP contribution is -2.27. The Kier molecular flexibility index (Phi) is 3.93. The lowest BCUT2D eigenvalue weighted by atomic mass is 10.3. The Hall–Kier alpha value is -1.07. The topological polar surface area (TPSA) is 54.5 Å². The highest BCUT2D eigenvalue weighted by atomic mass is 35.5. The van der Waals surface area contributed by atoms with E-state index in [4.69, 9.17) is 11.6 Å². The van der Waals surface area contributed by atoms with Gasteiger partial charge in [-0.15, -0.1) is 11.6 Å². The number of nitrogens with zero attached hydrogens (tertiary/aromatic N) is 1. The maximum atomic E-state index is 11.3. The smallest absolute Gasteiger partial charge is 0.241 e. The van der Waals surface area contributed by atoms with Gasteiger partial charge in [-0.3, -0.25) is 4.79 Å². The summed E-state index contributed by atoms with van der Waals surface area (Å²) in [5, 5.41) is 0. The summed E-state index contributed by atoms with van der Waals surface area (Å²) in [7, 11) is -1.71. The van der Waals surface area contributed by atoms with Gasteiger partial charge in [-0.2, -0.15) is 0 Å². The van der Waals surface area contributed by atoms with Gasteiger partial charge in [0.05, 0.1) is 4.90 Å². The van der Waals surface area contributed by atoms with Crippen LogP contribution in [0.4, 0.5) is 5.69 Å². The summed E-state index contributed by atoms with van der Waals surface area (Å²) in [4.78, 5) is 12.8. The summed E-state index contributed by atoms with van der Waals surface area (Å²) in [5.41, 5.74) is 0.508. The average Bonchev–Trinajstić information content (AvgIpc) is 2.26. The lowest BCUT2D eigenvalue weighted by molar-refractivity contribution is -0.116. The van der Waals surface area contributed by atoms with E-state index in [-0.39, 0.29) is 16.7 Å². The molecule has 0 spiro atoms. The van der Waals surface area contributed by atoms with E-state index in [9.17, 15) is 13.2 Å². The predicted molar refractivity (Wildman–Crippen MR) is 63.7 cm³/mol. The van der Waals surface area contributed by atoms with Crippen LogP contribution in [-0.4, -0.2) is 33.5 Å². The van der Waals surface area contributed by atoms with Gasteiger partial charge in [-0.25, -0.2) is 8.42 Å². The van der Waals surface area contributed by atoms with Crippen molar-refractivity contribution >= 4 is 33.0 Å². The van der Waals surface area contributed by atoms with Crippen molar-refractivity contribution in [1.82, 2.24) is 0 Å². The van der Waals surface area contributed by atoms with Gasteiger partial charge in [0.25, 0.3) is 0 Å². The molecule has 1 amide bonds. The SMILES string of the molecule is CN(C(=O)CCl)c1cccc(S(C)(=O)=O)c1. The Morgan fingerprint density at radius 3 is 2.56 bits per heavy atom. The summed E-state index contributed by atoms with van der Waals surface area (Å²) in [6.45, 7) is 0. The Morgan fingerprint density at radius 2 is 2.06 bits per heavy atom. The van der Waals surface area contributed by atoms with Crippen LogP contribution in [0.3, 0.4) is 0 Å². The molecule has 0 unspecified atom stereocenters. The number of sulfone groups is 1. The van der Waals surface area contributed by atoms with E-state index in [1.54, 1.807) is 19.2 Å². The van der Waals surface area contributed by atoms with Gasteiger partial charge in [-0.1, -0.05) is 6.07 Å². The normalized spacial score (nSPS) is 11.2. The molecule has 0 aliphatic carbocycles. The van der Waals surface area contributed by atoms with Crippen molar-refractivity contribution in [3.05, 3.63) is 24.3 Å². The molecule has 88 valence electrons. The van der Waals surface area contributed by atoms with E-state index in [2.05, 4.69) is 0 Å². The van der Waals surface area contributed by atoms with Gasteiger partial charge in [0.2, 0.25) is 5.91 Å². The summed E-state index contributed by atoms with van der Waals surface area (Å²) >= 11 is 5.42. The van der Waals surface area contributed by atoms with Gasteiger partial charge in [-0.05, 0) is 18.2 Å². The van der Waals surface area contributed by atoms with Crippen LogP contribution in [0.1, 0.15) is 0 Å². The first-order valence-electron chi connectivity index (χ1n) is 4.49. The molecule has 0 bridgehead atoms. The third-order valence-corrected chi connectivity index (χ3v) is 3.46. The zero-order valence-corrected chi connectivity index (χ0v) is 10.5. The molecule has 16 heavy (non-hydrogen) atoms. The van der Waals surface area contributed by atoms with Gasteiger partial charge < -0.3 is 4.90 Å². The summed E-state index contributed by atoms with van der Waals surface area (Å²) in [6, 6.07) is 6.17. The van der Waals surface area contributed by atoms with E-state index in [0.29, 0.717) is 5.69 Å². The van der Waals surface area contributed by atoms with Crippen molar-refractivity contribution in [2.45, 2.75) is 4.90 Å². The third-order valence-electron chi connectivity index (χ3n) is 2.12. The molecule has 0 saturated carbocycles. The van der Waals surface area contributed by atoms with Crippen LogP contribution in [0.15, 0.2) is 29.2 Å². The first kappa shape index (κ1) is 13.0. The van der Waals surface area contributed by atoms with Crippen molar-refractivity contribution in [1.29, 1.82) is 0 Å². The second-order valence-corrected chi connectivity index (χ2v) is 5.64. The molecule has 0 saturated heterocycles. The molecular weight excluding hydrogens is 250 g/mol. The Balaban J connectivity index is 3.13. The number of benzene rings is 1. The largest absolute Gasteiger partial charge is 0.314 e. The first-order valence-corrected chi connectivity index (χ1v) is 6.91. The number of rotatable bonds is 3. The van der Waals surface area contributed by atoms with Gasteiger partial charge in [0.15, 0.2) is 9.84 Å².